The summed E-state index contributed by atoms with van der Waals surface area (Å²) in [6, 6.07) is 0. The van der Waals surface area contributed by atoms with E-state index in [1.807, 2.05) is 0 Å². The molecule has 0 aromatic carbocycles. The number of fused-ring (bicyclic) bond motifs is 5. The van der Waals surface area contributed by atoms with Crippen molar-refractivity contribution in [1.29, 1.82) is 0 Å². The monoisotopic (exact) mass is 615 g/mol. The third kappa shape index (κ3) is 5.32. The van der Waals surface area contributed by atoms with Gasteiger partial charge in [0, 0.05) is 23.3 Å². The Hall–Kier alpha value is -1.95. The van der Waals surface area contributed by atoms with Gasteiger partial charge in [-0.3, -0.25) is 18.6 Å². The SMILES string of the molecule is C[C@@H]1C[C@H]2[C@@H]3CCC4=CC(=O)C=C[C@]4(C)[C@@]3(F)[C@@H](O)C[C@]2(C)[C@@]1(O)C(=O)COP(=O)(O)OCCNC(=O)OC(C)(C)C. The number of amides is 1. The Morgan fingerprint density at radius 3 is 2.52 bits per heavy atom. The first kappa shape index (κ1) is 33.0. The van der Waals surface area contributed by atoms with Crippen LogP contribution in [-0.2, 0) is 27.9 Å². The van der Waals surface area contributed by atoms with Gasteiger partial charge >= 0.3 is 13.9 Å². The Labute approximate surface area is 245 Å². The van der Waals surface area contributed by atoms with E-state index in [0.717, 1.165) is 0 Å². The number of alkyl halides is 1. The van der Waals surface area contributed by atoms with E-state index < -0.39 is 84.5 Å². The van der Waals surface area contributed by atoms with Crippen LogP contribution in [0.2, 0.25) is 0 Å². The summed E-state index contributed by atoms with van der Waals surface area (Å²) in [5.41, 5.74) is -6.76. The molecule has 3 saturated carbocycles. The highest BCUT2D eigenvalue weighted by Crippen LogP contribution is 2.70. The van der Waals surface area contributed by atoms with Crippen LogP contribution in [0.15, 0.2) is 23.8 Å². The van der Waals surface area contributed by atoms with E-state index in [1.165, 1.54) is 18.2 Å². The molecule has 1 amide bonds. The van der Waals surface area contributed by atoms with E-state index in [1.54, 1.807) is 41.5 Å². The van der Waals surface area contributed by atoms with Crippen LogP contribution in [0.25, 0.3) is 0 Å². The van der Waals surface area contributed by atoms with Crippen LogP contribution in [0.4, 0.5) is 9.18 Å². The van der Waals surface area contributed by atoms with E-state index in [-0.39, 0.29) is 18.7 Å². The number of alkyl carbamates (subject to hydrolysis) is 1. The van der Waals surface area contributed by atoms with Gasteiger partial charge in [-0.05, 0) is 77.4 Å². The van der Waals surface area contributed by atoms with Crippen molar-refractivity contribution in [1.82, 2.24) is 5.32 Å². The standard InChI is InChI=1S/C29H43FNO10P/c1-17-13-21-20-8-7-18-14-19(32)9-10-26(18,5)28(20,30)22(33)15-27(21,6)29(17,36)23(34)16-40-42(37,38)39-12-11-31-24(35)41-25(2,3)4/h9-10,14,17,20-22,33,36H,7-8,11-13,15-16H2,1-6H3,(H,31,35)(H,37,38)/t17-,20+,21+,22+,26+,27+,28+,29+/m1/s1. The molecular formula is C29H43FNO10P. The van der Waals surface area contributed by atoms with Crippen molar-refractivity contribution in [2.45, 2.75) is 90.2 Å². The van der Waals surface area contributed by atoms with E-state index in [9.17, 15) is 34.1 Å². The lowest BCUT2D eigenvalue weighted by Gasteiger charge is -2.62. The normalized spacial score (nSPS) is 40.7. The minimum Gasteiger partial charge on any atom is -0.444 e. The predicted octanol–water partition coefficient (Wildman–Crippen LogP) is 3.56. The Bertz CT molecular complexity index is 1250. The van der Waals surface area contributed by atoms with Crippen molar-refractivity contribution in [3.05, 3.63) is 23.8 Å². The fourth-order valence-electron chi connectivity index (χ4n) is 8.06. The summed E-state index contributed by atoms with van der Waals surface area (Å²) in [4.78, 5) is 47.4. The van der Waals surface area contributed by atoms with Crippen molar-refractivity contribution in [3.8, 4) is 0 Å². The molecule has 4 rings (SSSR count). The predicted molar refractivity (Wildman–Crippen MR) is 149 cm³/mol. The number of carbonyl (C=O) groups excluding carboxylic acids is 3. The minimum atomic E-state index is -4.75. The second-order valence-corrected chi connectivity index (χ2v) is 15.0. The average molecular weight is 616 g/mol. The second kappa shape index (κ2) is 10.9. The molecule has 0 bridgehead atoms. The van der Waals surface area contributed by atoms with Crippen LogP contribution in [0.1, 0.15) is 67.2 Å². The smallest absolute Gasteiger partial charge is 0.444 e. The van der Waals surface area contributed by atoms with Crippen molar-refractivity contribution >= 4 is 25.5 Å². The number of nitrogens with one attached hydrogen (secondary N) is 1. The second-order valence-electron chi connectivity index (χ2n) is 13.6. The highest BCUT2D eigenvalue weighted by molar-refractivity contribution is 7.47. The van der Waals surface area contributed by atoms with E-state index in [2.05, 4.69) is 5.32 Å². The molecule has 0 heterocycles. The lowest BCUT2D eigenvalue weighted by atomic mass is 9.44. The minimum absolute atomic E-state index is 0.166. The van der Waals surface area contributed by atoms with Crippen LogP contribution in [0, 0.1) is 28.6 Å². The maximum atomic E-state index is 17.3. The van der Waals surface area contributed by atoms with E-state index in [4.69, 9.17) is 13.8 Å². The Morgan fingerprint density at radius 1 is 1.21 bits per heavy atom. The summed E-state index contributed by atoms with van der Waals surface area (Å²) < 4.78 is 44.5. The molecule has 13 heteroatoms. The Balaban J connectivity index is 1.45. The van der Waals surface area contributed by atoms with Crippen LogP contribution in [-0.4, -0.2) is 75.5 Å². The summed E-state index contributed by atoms with van der Waals surface area (Å²) in [7, 11) is -4.75. The third-order valence-electron chi connectivity index (χ3n) is 10.0. The summed E-state index contributed by atoms with van der Waals surface area (Å²) in [6.45, 7) is 8.52. The maximum absolute atomic E-state index is 17.3. The molecule has 0 saturated heterocycles. The molecule has 4 aliphatic rings. The Morgan fingerprint density at radius 2 is 1.88 bits per heavy atom. The first-order valence-corrected chi connectivity index (χ1v) is 15.9. The van der Waals surface area contributed by atoms with Crippen LogP contribution in [0.3, 0.4) is 0 Å². The van der Waals surface area contributed by atoms with Crippen molar-refractivity contribution in [2.24, 2.45) is 28.6 Å². The molecule has 1 unspecified atom stereocenters. The zero-order valence-corrected chi connectivity index (χ0v) is 25.9. The number of hydrogen-bond donors (Lipinski definition) is 4. The molecular weight excluding hydrogens is 572 g/mol. The van der Waals surface area contributed by atoms with Gasteiger partial charge in [0.25, 0.3) is 0 Å². The number of aliphatic hydroxyl groups excluding tert-OH is 1. The van der Waals surface area contributed by atoms with Gasteiger partial charge in [0.2, 0.25) is 0 Å². The number of ether oxygens (including phenoxy) is 1. The van der Waals surface area contributed by atoms with Crippen LogP contribution >= 0.6 is 7.82 Å². The number of rotatable bonds is 8. The topological polar surface area (TPSA) is 169 Å². The summed E-state index contributed by atoms with van der Waals surface area (Å²) >= 11 is 0. The van der Waals surface area contributed by atoms with Crippen LogP contribution < -0.4 is 5.32 Å². The summed E-state index contributed by atoms with van der Waals surface area (Å²) in [5.74, 6) is -2.95. The number of phosphoric ester groups is 1. The van der Waals surface area contributed by atoms with Gasteiger partial charge in [0.05, 0.1) is 12.7 Å². The Kier molecular flexibility index (Phi) is 8.54. The first-order valence-electron chi connectivity index (χ1n) is 14.4. The highest BCUT2D eigenvalue weighted by Gasteiger charge is 2.75. The lowest BCUT2D eigenvalue weighted by Crippen LogP contribution is -2.69. The van der Waals surface area contributed by atoms with Gasteiger partial charge < -0.3 is 25.2 Å². The van der Waals surface area contributed by atoms with Gasteiger partial charge in [-0.1, -0.05) is 25.5 Å². The maximum Gasteiger partial charge on any atom is 0.472 e. The molecule has 9 atom stereocenters. The fraction of sp³-hybridized carbons (Fsp3) is 0.759. The molecule has 0 aromatic heterocycles. The molecule has 4 aliphatic carbocycles. The molecule has 0 spiro atoms. The molecule has 0 aliphatic heterocycles. The number of aliphatic hydroxyl groups is 2. The molecule has 11 nitrogen and oxygen atoms in total. The van der Waals surface area contributed by atoms with Crippen LogP contribution in [0.5, 0.6) is 0 Å². The van der Waals surface area contributed by atoms with Gasteiger partial charge in [-0.25, -0.2) is 13.8 Å². The van der Waals surface area contributed by atoms with Gasteiger partial charge in [-0.15, -0.1) is 0 Å². The van der Waals surface area contributed by atoms with Gasteiger partial charge in [0.15, 0.2) is 17.2 Å². The van der Waals surface area contributed by atoms with Crippen molar-refractivity contribution in [3.63, 3.8) is 0 Å². The number of ketones is 2. The molecule has 4 N–H and O–H groups in total. The summed E-state index contributed by atoms with van der Waals surface area (Å²) in [6.07, 6.45) is 2.85. The summed E-state index contributed by atoms with van der Waals surface area (Å²) in [5, 5.41) is 25.7. The third-order valence-corrected chi connectivity index (χ3v) is 11.0. The van der Waals surface area contributed by atoms with Crippen molar-refractivity contribution in [2.75, 3.05) is 19.8 Å². The fourth-order valence-corrected chi connectivity index (χ4v) is 8.73. The zero-order valence-electron chi connectivity index (χ0n) is 25.0. The van der Waals surface area contributed by atoms with Gasteiger partial charge in [-0.2, -0.15) is 0 Å². The van der Waals surface area contributed by atoms with E-state index in [0.29, 0.717) is 24.8 Å². The van der Waals surface area contributed by atoms with Gasteiger partial charge in [0.1, 0.15) is 17.8 Å². The molecule has 0 aromatic rings. The number of Topliss-reactive ketones (excluding diaryl/α,β-unsaturated/α-hetero) is 1. The molecule has 3 fully saturated rings. The number of hydrogen-bond acceptors (Lipinski definition) is 9. The molecule has 0 radical (unpaired) electrons. The number of phosphoric acid groups is 1. The molecule has 236 valence electrons. The number of carbonyl (C=O) groups is 3. The van der Waals surface area contributed by atoms with E-state index >= 15 is 4.39 Å². The lowest BCUT2D eigenvalue weighted by molar-refractivity contribution is -0.219. The first-order chi connectivity index (χ1) is 19.2. The van der Waals surface area contributed by atoms with Crippen molar-refractivity contribution < 1.29 is 52.2 Å². The number of allylic oxidation sites excluding steroid dienone is 4. The number of halogens is 1. The highest BCUT2D eigenvalue weighted by atomic mass is 31.2. The average Bonchev–Trinajstić information content (AvgIpc) is 3.07. The largest absolute Gasteiger partial charge is 0.472 e. The molecule has 42 heavy (non-hydrogen) atoms. The zero-order chi connectivity index (χ0) is 31.5. The quantitative estimate of drug-likeness (QED) is 0.234.